The Hall–Kier alpha value is -0.870. The Morgan fingerprint density at radius 2 is 2.05 bits per heavy atom. The summed E-state index contributed by atoms with van der Waals surface area (Å²) in [6.45, 7) is 7.43. The van der Waals surface area contributed by atoms with Gasteiger partial charge in [0.1, 0.15) is 6.29 Å². The van der Waals surface area contributed by atoms with Crippen molar-refractivity contribution in [3.05, 3.63) is 22.8 Å². The van der Waals surface area contributed by atoms with E-state index in [-0.39, 0.29) is 0 Å². The van der Waals surface area contributed by atoms with E-state index in [2.05, 4.69) is 13.8 Å². The molecule has 1 fully saturated rings. The number of aliphatic imine (C=N–C) groups is 1. The molecule has 0 saturated carbocycles. The quantitative estimate of drug-likeness (QED) is 0.549. The Kier molecular flexibility index (Phi) is 7.24. The minimum Gasteiger partial charge on any atom is -0.381 e. The van der Waals surface area contributed by atoms with Crippen molar-refractivity contribution >= 4 is 23.8 Å². The van der Waals surface area contributed by atoms with Gasteiger partial charge in [0.25, 0.3) is 0 Å². The molecule has 1 rings (SSSR count). The van der Waals surface area contributed by atoms with E-state index in [1.807, 2.05) is 25.3 Å². The topological polar surface area (TPSA) is 38.7 Å². The van der Waals surface area contributed by atoms with Crippen LogP contribution in [-0.4, -0.2) is 31.5 Å². The number of hydrogen-bond donors (Lipinski definition) is 0. The van der Waals surface area contributed by atoms with Crippen molar-refractivity contribution in [1.29, 1.82) is 0 Å². The first kappa shape index (κ1) is 17.2. The van der Waals surface area contributed by atoms with Gasteiger partial charge >= 0.3 is 0 Å². The summed E-state index contributed by atoms with van der Waals surface area (Å²) in [4.78, 5) is 16.5. The Bertz CT molecular complexity index is 418. The van der Waals surface area contributed by atoms with Gasteiger partial charge in [0.2, 0.25) is 0 Å². The number of thioether (sulfide) groups is 1. The zero-order valence-corrected chi connectivity index (χ0v) is 13.8. The molecule has 112 valence electrons. The zero-order chi connectivity index (χ0) is 15.0. The fraction of sp³-hybridized carbons (Fsp3) is 0.625. The average Bonchev–Trinajstić information content (AvgIpc) is 2.51. The third-order valence-corrected chi connectivity index (χ3v) is 4.58. The molecule has 0 bridgehead atoms. The summed E-state index contributed by atoms with van der Waals surface area (Å²) in [5, 5.41) is 1.02. The number of aldehydes is 1. The molecule has 0 atom stereocenters. The van der Waals surface area contributed by atoms with E-state index in [0.29, 0.717) is 26.1 Å². The van der Waals surface area contributed by atoms with Crippen LogP contribution in [0.5, 0.6) is 0 Å². The maximum absolute atomic E-state index is 11.7. The maximum Gasteiger partial charge on any atom is 0.132 e. The van der Waals surface area contributed by atoms with Gasteiger partial charge in [0, 0.05) is 13.2 Å². The van der Waals surface area contributed by atoms with Gasteiger partial charge in [-0.25, -0.2) is 4.99 Å². The second-order valence-electron chi connectivity index (χ2n) is 5.03. The highest BCUT2D eigenvalue weighted by Gasteiger charge is 2.36. The van der Waals surface area contributed by atoms with E-state index < -0.39 is 5.41 Å². The normalized spacial score (nSPS) is 20.9. The molecule has 4 heteroatoms. The van der Waals surface area contributed by atoms with Crippen LogP contribution in [0.15, 0.2) is 27.7 Å². The molecule has 0 aromatic rings. The first-order valence-electron chi connectivity index (χ1n) is 7.13. The van der Waals surface area contributed by atoms with Gasteiger partial charge in [0.05, 0.1) is 16.2 Å². The molecule has 1 aliphatic heterocycles. The molecule has 0 aromatic heterocycles. The van der Waals surface area contributed by atoms with Crippen molar-refractivity contribution in [3.8, 4) is 0 Å². The molecule has 1 heterocycles. The molecule has 0 aromatic carbocycles. The Morgan fingerprint density at radius 1 is 1.40 bits per heavy atom. The van der Waals surface area contributed by atoms with Gasteiger partial charge in [-0.3, -0.25) is 0 Å². The van der Waals surface area contributed by atoms with Crippen molar-refractivity contribution in [2.75, 3.05) is 19.5 Å². The smallest absolute Gasteiger partial charge is 0.132 e. The summed E-state index contributed by atoms with van der Waals surface area (Å²) in [7, 11) is 0. The molecule has 0 radical (unpaired) electrons. The first-order valence-corrected chi connectivity index (χ1v) is 8.35. The number of hydrogen-bond acceptors (Lipinski definition) is 4. The molecule has 1 aliphatic rings. The predicted octanol–water partition coefficient (Wildman–Crippen LogP) is 4.00. The third kappa shape index (κ3) is 4.06. The van der Waals surface area contributed by atoms with Gasteiger partial charge < -0.3 is 9.53 Å². The fourth-order valence-corrected chi connectivity index (χ4v) is 2.90. The fourth-order valence-electron chi connectivity index (χ4n) is 2.22. The number of allylic oxidation sites excluding steroid dienone is 3. The minimum absolute atomic E-state index is 0.486. The summed E-state index contributed by atoms with van der Waals surface area (Å²) in [5.74, 6) is 0. The van der Waals surface area contributed by atoms with Gasteiger partial charge in [-0.1, -0.05) is 13.0 Å². The van der Waals surface area contributed by atoms with E-state index in [1.165, 1.54) is 5.57 Å². The van der Waals surface area contributed by atoms with E-state index in [9.17, 15) is 4.79 Å². The Morgan fingerprint density at radius 3 is 2.50 bits per heavy atom. The Labute approximate surface area is 126 Å². The van der Waals surface area contributed by atoms with Crippen molar-refractivity contribution < 1.29 is 9.53 Å². The number of carbonyl (C=O) groups excluding carboxylic acids is 1. The van der Waals surface area contributed by atoms with Crippen LogP contribution in [0.2, 0.25) is 0 Å². The van der Waals surface area contributed by atoms with Gasteiger partial charge in [0.15, 0.2) is 0 Å². The lowest BCUT2D eigenvalue weighted by atomic mass is 9.77. The second kappa shape index (κ2) is 8.42. The largest absolute Gasteiger partial charge is 0.381 e. The van der Waals surface area contributed by atoms with Crippen molar-refractivity contribution in [2.24, 2.45) is 10.4 Å². The molecule has 20 heavy (non-hydrogen) atoms. The molecular formula is C16H25NO2S. The zero-order valence-electron chi connectivity index (χ0n) is 12.9. The number of rotatable bonds is 6. The number of ether oxygens (including phenoxy) is 1. The van der Waals surface area contributed by atoms with Gasteiger partial charge in [-0.15, -0.1) is 11.8 Å². The van der Waals surface area contributed by atoms with Crippen molar-refractivity contribution in [3.63, 3.8) is 0 Å². The Balaban J connectivity index is 3.24. The average molecular weight is 295 g/mol. The van der Waals surface area contributed by atoms with E-state index >= 15 is 0 Å². The van der Waals surface area contributed by atoms with Crippen LogP contribution in [0.4, 0.5) is 0 Å². The summed E-state index contributed by atoms with van der Waals surface area (Å²) < 4.78 is 5.40. The van der Waals surface area contributed by atoms with Crippen LogP contribution in [0.25, 0.3) is 0 Å². The second-order valence-corrected chi connectivity index (χ2v) is 5.82. The van der Waals surface area contributed by atoms with Crippen LogP contribution in [0.3, 0.4) is 0 Å². The van der Waals surface area contributed by atoms with Gasteiger partial charge in [-0.05, 0) is 51.0 Å². The molecular weight excluding hydrogens is 270 g/mol. The highest BCUT2D eigenvalue weighted by Crippen LogP contribution is 2.33. The third-order valence-electron chi connectivity index (χ3n) is 3.76. The summed E-state index contributed by atoms with van der Waals surface area (Å²) in [6, 6.07) is 0. The van der Waals surface area contributed by atoms with E-state index in [1.54, 1.807) is 11.8 Å². The number of carbonyl (C=O) groups is 1. The SMILES string of the molecule is C\C=C/C(=N\C(SC)=C(/C)CC)C1(C=O)CCOCC1. The maximum atomic E-state index is 11.7. The van der Waals surface area contributed by atoms with Crippen LogP contribution >= 0.6 is 11.8 Å². The minimum atomic E-state index is -0.486. The lowest BCUT2D eigenvalue weighted by Gasteiger charge is -2.32. The van der Waals surface area contributed by atoms with Crippen molar-refractivity contribution in [1.82, 2.24) is 0 Å². The van der Waals surface area contributed by atoms with Crippen LogP contribution in [0, 0.1) is 5.41 Å². The lowest BCUT2D eigenvalue weighted by Crippen LogP contribution is -2.38. The summed E-state index contributed by atoms with van der Waals surface area (Å²) in [6.07, 6.45) is 9.42. The van der Waals surface area contributed by atoms with Crippen molar-refractivity contribution in [2.45, 2.75) is 40.0 Å². The van der Waals surface area contributed by atoms with Gasteiger partial charge in [-0.2, -0.15) is 0 Å². The van der Waals surface area contributed by atoms with Crippen LogP contribution in [-0.2, 0) is 9.53 Å². The summed E-state index contributed by atoms with van der Waals surface area (Å²) >= 11 is 1.64. The predicted molar refractivity (Wildman–Crippen MR) is 87.3 cm³/mol. The summed E-state index contributed by atoms with van der Waals surface area (Å²) in [5.41, 5.74) is 1.64. The molecule has 3 nitrogen and oxygen atoms in total. The van der Waals surface area contributed by atoms with Crippen LogP contribution in [0.1, 0.15) is 40.0 Å². The molecule has 0 N–H and O–H groups in total. The van der Waals surface area contributed by atoms with E-state index in [0.717, 1.165) is 23.4 Å². The molecule has 0 amide bonds. The molecule has 0 spiro atoms. The molecule has 0 unspecified atom stereocenters. The first-order chi connectivity index (χ1) is 9.63. The highest BCUT2D eigenvalue weighted by molar-refractivity contribution is 8.02. The number of nitrogens with zero attached hydrogens (tertiary/aromatic N) is 1. The van der Waals surface area contributed by atoms with Crippen LogP contribution < -0.4 is 0 Å². The van der Waals surface area contributed by atoms with E-state index in [4.69, 9.17) is 9.73 Å². The standard InChI is InChI=1S/C16H25NO2S/c1-5-7-14(17-15(20-4)13(3)6-2)16(12-18)8-10-19-11-9-16/h5,7,12H,6,8-11H2,1-4H3/b7-5-,15-13-,17-14+. The highest BCUT2D eigenvalue weighted by atomic mass is 32.2. The molecule has 1 saturated heterocycles. The monoisotopic (exact) mass is 295 g/mol. The lowest BCUT2D eigenvalue weighted by molar-refractivity contribution is -0.116. The molecule has 0 aliphatic carbocycles.